The summed E-state index contributed by atoms with van der Waals surface area (Å²) in [5, 5.41) is 0. The summed E-state index contributed by atoms with van der Waals surface area (Å²) in [6.07, 6.45) is 8.18. The average molecular weight is 640 g/mol. The molecule has 0 aromatic rings. The predicted octanol–water partition coefficient (Wildman–Crippen LogP) is 7.50. The standard InChI is InChI=1S/C12H16Br6/c13-11(14,15)9-6-5-7-3-1-2-4-8(7)10(9)12(16,17)18/h7-10H,1-6H2. The molecule has 0 heterocycles. The van der Waals surface area contributed by atoms with Gasteiger partial charge in [-0.1, -0.05) is 115 Å². The van der Waals surface area contributed by atoms with E-state index in [4.69, 9.17) is 0 Å². The number of rotatable bonds is 0. The van der Waals surface area contributed by atoms with Crippen LogP contribution in [0.25, 0.3) is 0 Å². The highest BCUT2D eigenvalue weighted by molar-refractivity contribution is 9.40. The molecule has 0 amide bonds. The molecule has 0 bridgehead atoms. The Labute approximate surface area is 160 Å². The zero-order chi connectivity index (χ0) is 13.6. The van der Waals surface area contributed by atoms with E-state index in [0.29, 0.717) is 11.8 Å². The highest BCUT2D eigenvalue weighted by Gasteiger charge is 2.53. The zero-order valence-corrected chi connectivity index (χ0v) is 19.3. The minimum atomic E-state index is -0.168. The molecule has 0 aromatic heterocycles. The third-order valence-corrected chi connectivity index (χ3v) is 7.86. The van der Waals surface area contributed by atoms with Gasteiger partial charge in [0.25, 0.3) is 0 Å². The van der Waals surface area contributed by atoms with Crippen molar-refractivity contribution in [3.8, 4) is 0 Å². The Morgan fingerprint density at radius 1 is 0.667 bits per heavy atom. The van der Waals surface area contributed by atoms with Crippen molar-refractivity contribution in [3.63, 3.8) is 0 Å². The first-order valence-electron chi connectivity index (χ1n) is 6.34. The Morgan fingerprint density at radius 3 is 1.83 bits per heavy atom. The van der Waals surface area contributed by atoms with Crippen LogP contribution in [-0.4, -0.2) is 4.29 Å². The largest absolute Gasteiger partial charge is 0.138 e. The highest BCUT2D eigenvalue weighted by Crippen LogP contribution is 2.62. The van der Waals surface area contributed by atoms with Gasteiger partial charge in [0.2, 0.25) is 0 Å². The van der Waals surface area contributed by atoms with E-state index in [1.807, 2.05) is 0 Å². The summed E-state index contributed by atoms with van der Waals surface area (Å²) in [4.78, 5) is 0. The summed E-state index contributed by atoms with van der Waals surface area (Å²) in [5.74, 6) is 2.79. The quantitative estimate of drug-likeness (QED) is 0.241. The fourth-order valence-corrected chi connectivity index (χ4v) is 7.29. The second-order valence-electron chi connectivity index (χ2n) is 5.50. The van der Waals surface area contributed by atoms with E-state index in [0.717, 1.165) is 11.8 Å². The molecule has 0 aliphatic heterocycles. The lowest BCUT2D eigenvalue weighted by atomic mass is 9.62. The summed E-state index contributed by atoms with van der Waals surface area (Å²) in [7, 11) is 0. The Balaban J connectivity index is 2.28. The first-order valence-corrected chi connectivity index (χ1v) is 11.1. The SMILES string of the molecule is BrC(Br)(Br)C1CCC2CCCCC2C1C(Br)(Br)Br. The van der Waals surface area contributed by atoms with Crippen LogP contribution in [0.1, 0.15) is 38.5 Å². The van der Waals surface area contributed by atoms with Crippen LogP contribution >= 0.6 is 95.6 Å². The maximum Gasteiger partial charge on any atom is 0.138 e. The fraction of sp³-hybridized carbons (Fsp3) is 1.00. The lowest BCUT2D eigenvalue weighted by Crippen LogP contribution is -2.46. The molecule has 2 rings (SSSR count). The van der Waals surface area contributed by atoms with Crippen LogP contribution in [0.15, 0.2) is 0 Å². The maximum absolute atomic E-state index is 3.81. The molecule has 2 aliphatic carbocycles. The minimum absolute atomic E-state index is 0.166. The summed E-state index contributed by atoms with van der Waals surface area (Å²) < 4.78 is -0.334. The van der Waals surface area contributed by atoms with Crippen LogP contribution < -0.4 is 0 Å². The molecule has 4 atom stereocenters. The Bertz CT molecular complexity index is 292. The van der Waals surface area contributed by atoms with E-state index in [-0.39, 0.29) is 4.29 Å². The van der Waals surface area contributed by atoms with Gasteiger partial charge < -0.3 is 0 Å². The molecule has 0 saturated heterocycles. The van der Waals surface area contributed by atoms with Gasteiger partial charge >= 0.3 is 0 Å². The van der Waals surface area contributed by atoms with Gasteiger partial charge in [-0.2, -0.15) is 0 Å². The van der Waals surface area contributed by atoms with Gasteiger partial charge in [0, 0.05) is 11.8 Å². The van der Waals surface area contributed by atoms with Gasteiger partial charge in [0.05, 0.1) is 0 Å². The fourth-order valence-electron chi connectivity index (χ4n) is 3.78. The van der Waals surface area contributed by atoms with Crippen LogP contribution in [0.4, 0.5) is 0 Å². The molecule has 0 radical (unpaired) electrons. The van der Waals surface area contributed by atoms with Crippen LogP contribution in [-0.2, 0) is 0 Å². The summed E-state index contributed by atoms with van der Waals surface area (Å²) in [6, 6.07) is 0. The molecule has 0 N–H and O–H groups in total. The highest BCUT2D eigenvalue weighted by atomic mass is 80.0. The van der Waals surface area contributed by atoms with E-state index in [2.05, 4.69) is 95.6 Å². The van der Waals surface area contributed by atoms with Crippen molar-refractivity contribution in [2.75, 3.05) is 0 Å². The molecule has 6 heteroatoms. The number of halogens is 6. The first kappa shape index (κ1) is 17.2. The summed E-state index contributed by atoms with van der Waals surface area (Å²) >= 11 is 22.7. The molecule has 0 aromatic carbocycles. The van der Waals surface area contributed by atoms with E-state index in [1.54, 1.807) is 0 Å². The molecule has 2 aliphatic rings. The van der Waals surface area contributed by atoms with Crippen LogP contribution in [0.2, 0.25) is 0 Å². The molecule has 4 unspecified atom stereocenters. The second kappa shape index (κ2) is 6.55. The van der Waals surface area contributed by atoms with Crippen molar-refractivity contribution >= 4 is 95.6 Å². The number of hydrogen-bond donors (Lipinski definition) is 0. The number of alkyl halides is 6. The molecule has 106 valence electrons. The third-order valence-electron chi connectivity index (χ3n) is 4.51. The smallest absolute Gasteiger partial charge is 0.0596 e. The Kier molecular flexibility index (Phi) is 6.28. The normalized spacial score (nSPS) is 38.3. The van der Waals surface area contributed by atoms with Crippen molar-refractivity contribution in [3.05, 3.63) is 0 Å². The molecule has 2 saturated carbocycles. The predicted molar refractivity (Wildman–Crippen MR) is 101 cm³/mol. The average Bonchev–Trinajstić information content (AvgIpc) is 2.24. The zero-order valence-electron chi connectivity index (χ0n) is 9.82. The maximum atomic E-state index is 3.81. The molecule has 0 spiro atoms. The third kappa shape index (κ3) is 3.99. The van der Waals surface area contributed by atoms with E-state index >= 15 is 0 Å². The van der Waals surface area contributed by atoms with Gasteiger partial charge in [-0.05, 0) is 31.1 Å². The Hall–Kier alpha value is 2.88. The first-order chi connectivity index (χ1) is 8.21. The number of hydrogen-bond acceptors (Lipinski definition) is 0. The van der Waals surface area contributed by atoms with E-state index in [9.17, 15) is 0 Å². The van der Waals surface area contributed by atoms with Gasteiger partial charge in [0.1, 0.15) is 4.29 Å². The van der Waals surface area contributed by atoms with E-state index < -0.39 is 0 Å². The number of fused-ring (bicyclic) bond motifs is 1. The van der Waals surface area contributed by atoms with Crippen molar-refractivity contribution < 1.29 is 0 Å². The molecule has 0 nitrogen and oxygen atoms in total. The van der Waals surface area contributed by atoms with Crippen LogP contribution in [0, 0.1) is 23.7 Å². The topological polar surface area (TPSA) is 0 Å². The molecular formula is C12H16Br6. The van der Waals surface area contributed by atoms with Gasteiger partial charge in [0.15, 0.2) is 0 Å². The summed E-state index contributed by atoms with van der Waals surface area (Å²) in [5.41, 5.74) is 0. The second-order valence-corrected chi connectivity index (χ2v) is 19.4. The summed E-state index contributed by atoms with van der Waals surface area (Å²) in [6.45, 7) is 0. The monoisotopic (exact) mass is 634 g/mol. The van der Waals surface area contributed by atoms with Crippen LogP contribution in [0.5, 0.6) is 0 Å². The minimum Gasteiger partial charge on any atom is -0.0596 e. The van der Waals surface area contributed by atoms with Gasteiger partial charge in [-0.25, -0.2) is 0 Å². The lowest BCUT2D eigenvalue weighted by Gasteiger charge is -2.51. The molecule has 2 fully saturated rings. The Morgan fingerprint density at radius 2 is 1.28 bits per heavy atom. The van der Waals surface area contributed by atoms with Crippen molar-refractivity contribution in [1.29, 1.82) is 0 Å². The van der Waals surface area contributed by atoms with E-state index in [1.165, 1.54) is 38.5 Å². The lowest BCUT2D eigenvalue weighted by molar-refractivity contribution is 0.0681. The van der Waals surface area contributed by atoms with Crippen molar-refractivity contribution in [1.82, 2.24) is 0 Å². The molecule has 18 heavy (non-hydrogen) atoms. The van der Waals surface area contributed by atoms with Crippen molar-refractivity contribution in [2.24, 2.45) is 23.7 Å². The van der Waals surface area contributed by atoms with Gasteiger partial charge in [-0.15, -0.1) is 0 Å². The molecular weight excluding hydrogens is 624 g/mol. The van der Waals surface area contributed by atoms with Crippen molar-refractivity contribution in [2.45, 2.75) is 42.8 Å². The van der Waals surface area contributed by atoms with Gasteiger partial charge in [-0.3, -0.25) is 0 Å². The van der Waals surface area contributed by atoms with Crippen LogP contribution in [0.3, 0.4) is 0 Å².